The van der Waals surface area contributed by atoms with Crippen LogP contribution in [0.1, 0.15) is 42.6 Å². The van der Waals surface area contributed by atoms with Crippen LogP contribution in [0.15, 0.2) is 4.52 Å². The second kappa shape index (κ2) is 4.26. The van der Waals surface area contributed by atoms with Crippen LogP contribution in [0.25, 0.3) is 0 Å². The van der Waals surface area contributed by atoms with E-state index in [0.29, 0.717) is 30.2 Å². The highest BCUT2D eigenvalue weighted by Crippen LogP contribution is 2.18. The van der Waals surface area contributed by atoms with E-state index in [0.717, 1.165) is 0 Å². The van der Waals surface area contributed by atoms with E-state index in [4.69, 9.17) is 9.63 Å². The van der Waals surface area contributed by atoms with Crippen LogP contribution in [0.5, 0.6) is 0 Å². The van der Waals surface area contributed by atoms with Gasteiger partial charge in [0.25, 0.3) is 0 Å². The molecule has 0 unspecified atom stereocenters. The number of rotatable bonds is 4. The minimum atomic E-state index is -0.946. The molecule has 0 aliphatic carbocycles. The van der Waals surface area contributed by atoms with Crippen molar-refractivity contribution in [3.05, 3.63) is 17.0 Å². The fraction of sp³-hybridized carbons (Fsp3) is 0.600. The highest BCUT2D eigenvalue weighted by atomic mass is 16.5. The number of aromatic nitrogens is 1. The van der Waals surface area contributed by atoms with Gasteiger partial charge in [-0.3, -0.25) is 0 Å². The number of hydrogen-bond acceptors (Lipinski definition) is 3. The van der Waals surface area contributed by atoms with Gasteiger partial charge in [0.15, 0.2) is 5.76 Å². The van der Waals surface area contributed by atoms with Crippen molar-refractivity contribution in [1.29, 1.82) is 0 Å². The Morgan fingerprint density at radius 1 is 1.57 bits per heavy atom. The van der Waals surface area contributed by atoms with E-state index in [9.17, 15) is 4.79 Å². The molecule has 1 N–H and O–H groups in total. The van der Waals surface area contributed by atoms with Gasteiger partial charge in [-0.2, -0.15) is 0 Å². The quantitative estimate of drug-likeness (QED) is 0.803. The standard InChI is InChI=1S/C10H15NO3/c1-4-7-9(10(12)13)8(14-11-7)5-6(2)3/h6H,4-5H2,1-3H3,(H,12,13). The van der Waals surface area contributed by atoms with Crippen molar-refractivity contribution in [3.8, 4) is 0 Å². The Balaban J connectivity index is 3.04. The third-order valence-electron chi connectivity index (χ3n) is 1.98. The van der Waals surface area contributed by atoms with E-state index in [1.807, 2.05) is 20.8 Å². The lowest BCUT2D eigenvalue weighted by Crippen LogP contribution is -2.05. The molecule has 0 saturated carbocycles. The first kappa shape index (κ1) is 10.8. The van der Waals surface area contributed by atoms with Gasteiger partial charge in [0.2, 0.25) is 0 Å². The average Bonchev–Trinajstić information content (AvgIpc) is 2.46. The van der Waals surface area contributed by atoms with Crippen LogP contribution in [0.3, 0.4) is 0 Å². The molecule has 4 nitrogen and oxygen atoms in total. The molecule has 1 heterocycles. The summed E-state index contributed by atoms with van der Waals surface area (Å²) in [5, 5.41) is 12.7. The van der Waals surface area contributed by atoms with E-state index in [1.165, 1.54) is 0 Å². The zero-order valence-electron chi connectivity index (χ0n) is 8.70. The minimum absolute atomic E-state index is 0.251. The van der Waals surface area contributed by atoms with Crippen LogP contribution in [0, 0.1) is 5.92 Å². The van der Waals surface area contributed by atoms with E-state index in [-0.39, 0.29) is 5.56 Å². The normalized spacial score (nSPS) is 10.9. The van der Waals surface area contributed by atoms with Crippen LogP contribution >= 0.6 is 0 Å². The van der Waals surface area contributed by atoms with Gasteiger partial charge in [-0.15, -0.1) is 0 Å². The molecule has 1 aromatic heterocycles. The number of carboxylic acids is 1. The minimum Gasteiger partial charge on any atom is -0.477 e. The first-order valence-corrected chi connectivity index (χ1v) is 4.77. The Morgan fingerprint density at radius 2 is 2.21 bits per heavy atom. The first-order chi connectivity index (χ1) is 6.56. The lowest BCUT2D eigenvalue weighted by atomic mass is 10.0. The number of nitrogens with zero attached hydrogens (tertiary/aromatic N) is 1. The largest absolute Gasteiger partial charge is 0.477 e. The Kier molecular flexibility index (Phi) is 3.28. The molecule has 0 saturated heterocycles. The predicted octanol–water partition coefficient (Wildman–Crippen LogP) is 2.13. The summed E-state index contributed by atoms with van der Waals surface area (Å²) in [5.74, 6) is -0.0890. The molecule has 0 aliphatic rings. The fourth-order valence-corrected chi connectivity index (χ4v) is 1.36. The third-order valence-corrected chi connectivity index (χ3v) is 1.98. The fourth-order valence-electron chi connectivity index (χ4n) is 1.36. The summed E-state index contributed by atoms with van der Waals surface area (Å²) in [6.45, 7) is 5.89. The molecule has 0 bridgehead atoms. The summed E-state index contributed by atoms with van der Waals surface area (Å²) < 4.78 is 5.03. The maximum atomic E-state index is 10.9. The van der Waals surface area contributed by atoms with Gasteiger partial charge < -0.3 is 9.63 Å². The smallest absolute Gasteiger partial charge is 0.341 e. The van der Waals surface area contributed by atoms with Gasteiger partial charge in [0, 0.05) is 6.42 Å². The van der Waals surface area contributed by atoms with Gasteiger partial charge in [-0.05, 0) is 12.3 Å². The van der Waals surface area contributed by atoms with Gasteiger partial charge in [-0.25, -0.2) is 4.79 Å². The van der Waals surface area contributed by atoms with Crippen LogP contribution in [-0.4, -0.2) is 16.2 Å². The van der Waals surface area contributed by atoms with Crippen molar-refractivity contribution in [2.24, 2.45) is 5.92 Å². The summed E-state index contributed by atoms with van der Waals surface area (Å²) in [7, 11) is 0. The maximum absolute atomic E-state index is 10.9. The summed E-state index contributed by atoms with van der Waals surface area (Å²) in [4.78, 5) is 10.9. The second-order valence-corrected chi connectivity index (χ2v) is 3.68. The van der Waals surface area contributed by atoms with E-state index in [2.05, 4.69) is 5.16 Å². The van der Waals surface area contributed by atoms with E-state index < -0.39 is 5.97 Å². The Labute approximate surface area is 82.9 Å². The highest BCUT2D eigenvalue weighted by molar-refractivity contribution is 5.89. The molecular formula is C10H15NO3. The molecule has 0 amide bonds. The van der Waals surface area contributed by atoms with Gasteiger partial charge >= 0.3 is 5.97 Å². The van der Waals surface area contributed by atoms with Crippen LogP contribution in [0.2, 0.25) is 0 Å². The first-order valence-electron chi connectivity index (χ1n) is 4.77. The monoisotopic (exact) mass is 197 g/mol. The van der Waals surface area contributed by atoms with Crippen LogP contribution in [0.4, 0.5) is 0 Å². The molecule has 1 rings (SSSR count). The van der Waals surface area contributed by atoms with E-state index in [1.54, 1.807) is 0 Å². The lowest BCUT2D eigenvalue weighted by Gasteiger charge is -2.00. The SMILES string of the molecule is CCc1noc(CC(C)C)c1C(=O)O. The number of aromatic carboxylic acids is 1. The molecule has 4 heteroatoms. The van der Waals surface area contributed by atoms with Crippen molar-refractivity contribution in [2.45, 2.75) is 33.6 Å². The van der Waals surface area contributed by atoms with Crippen molar-refractivity contribution in [2.75, 3.05) is 0 Å². The second-order valence-electron chi connectivity index (χ2n) is 3.68. The molecule has 1 aromatic rings. The number of carbonyl (C=O) groups is 1. The lowest BCUT2D eigenvalue weighted by molar-refractivity contribution is 0.0693. The predicted molar refractivity (Wildman–Crippen MR) is 51.4 cm³/mol. The maximum Gasteiger partial charge on any atom is 0.341 e. The molecule has 0 spiro atoms. The van der Waals surface area contributed by atoms with Crippen LogP contribution in [-0.2, 0) is 12.8 Å². The number of carboxylic acid groups (broad SMARTS) is 1. The van der Waals surface area contributed by atoms with Gasteiger partial charge in [-0.1, -0.05) is 25.9 Å². The van der Waals surface area contributed by atoms with Crippen molar-refractivity contribution in [3.63, 3.8) is 0 Å². The van der Waals surface area contributed by atoms with Crippen molar-refractivity contribution >= 4 is 5.97 Å². The molecule has 0 radical (unpaired) electrons. The highest BCUT2D eigenvalue weighted by Gasteiger charge is 2.21. The van der Waals surface area contributed by atoms with Crippen molar-refractivity contribution in [1.82, 2.24) is 5.16 Å². The topological polar surface area (TPSA) is 63.3 Å². The molecule has 78 valence electrons. The third kappa shape index (κ3) is 2.13. The molecule has 0 atom stereocenters. The zero-order chi connectivity index (χ0) is 10.7. The molecule has 0 aromatic carbocycles. The van der Waals surface area contributed by atoms with Gasteiger partial charge in [0.05, 0.1) is 5.69 Å². The molecule has 14 heavy (non-hydrogen) atoms. The molecule has 0 aliphatic heterocycles. The summed E-state index contributed by atoms with van der Waals surface area (Å²) >= 11 is 0. The molecular weight excluding hydrogens is 182 g/mol. The Morgan fingerprint density at radius 3 is 2.64 bits per heavy atom. The van der Waals surface area contributed by atoms with Crippen molar-refractivity contribution < 1.29 is 14.4 Å². The summed E-state index contributed by atoms with van der Waals surface area (Å²) in [6, 6.07) is 0. The number of hydrogen-bond donors (Lipinski definition) is 1. The van der Waals surface area contributed by atoms with Crippen LogP contribution < -0.4 is 0 Å². The summed E-state index contributed by atoms with van der Waals surface area (Å²) in [5.41, 5.74) is 0.786. The average molecular weight is 197 g/mol. The summed E-state index contributed by atoms with van der Waals surface area (Å²) in [6.07, 6.45) is 1.21. The Hall–Kier alpha value is -1.32. The number of aryl methyl sites for hydroxylation is 1. The van der Waals surface area contributed by atoms with E-state index >= 15 is 0 Å². The van der Waals surface area contributed by atoms with Gasteiger partial charge in [0.1, 0.15) is 5.56 Å². The molecule has 0 fully saturated rings. The Bertz CT molecular complexity index is 328. The zero-order valence-corrected chi connectivity index (χ0v) is 8.70.